The van der Waals surface area contributed by atoms with Gasteiger partial charge in [-0.2, -0.15) is 0 Å². The van der Waals surface area contributed by atoms with Crippen LogP contribution in [0.4, 0.5) is 0 Å². The van der Waals surface area contributed by atoms with Crippen molar-refractivity contribution in [3.8, 4) is 0 Å². The molecule has 0 rings (SSSR count). The van der Waals surface area contributed by atoms with E-state index in [4.69, 9.17) is 37.0 Å². The molecule has 0 aromatic carbocycles. The molecule has 0 fully saturated rings. The van der Waals surface area contributed by atoms with Gasteiger partial charge in [0.05, 0.1) is 32.8 Å². The van der Waals surface area contributed by atoms with Crippen LogP contribution in [0.25, 0.3) is 0 Å². The van der Waals surface area contributed by atoms with Crippen LogP contribution in [0.3, 0.4) is 0 Å². The van der Waals surface area contributed by atoms with Gasteiger partial charge in [-0.15, -0.1) is 0 Å². The average molecular weight is 1540 g/mol. The Morgan fingerprint density at radius 2 is 0.509 bits per heavy atom. The zero-order valence-corrected chi connectivity index (χ0v) is 67.4. The van der Waals surface area contributed by atoms with Crippen molar-refractivity contribution in [1.29, 1.82) is 0 Å². The molecular weight excluding hydrogens is 1400 g/mol. The molecule has 108 heavy (non-hydrogen) atoms. The molecule has 0 amide bonds. The van der Waals surface area contributed by atoms with Gasteiger partial charge in [-0.3, -0.25) is 37.3 Å². The lowest BCUT2D eigenvalue weighted by molar-refractivity contribution is -0.161. The molecule has 5 atom stereocenters. The predicted molar refractivity (Wildman–Crippen MR) is 444 cm³/mol. The lowest BCUT2D eigenvalue weighted by atomic mass is 10.1. The minimum atomic E-state index is -5.04. The Hall–Kier alpha value is -7.14. The lowest BCUT2D eigenvalue weighted by Crippen LogP contribution is -2.30. The largest absolute Gasteiger partial charge is 0.472 e. The maximum Gasteiger partial charge on any atom is 0.472 e. The van der Waals surface area contributed by atoms with Gasteiger partial charge in [0, 0.05) is 19.3 Å². The number of aliphatic hydroxyl groups is 1. The van der Waals surface area contributed by atoms with E-state index in [-0.39, 0.29) is 25.7 Å². The number of hydrogen-bond donors (Lipinski definition) is 3. The zero-order valence-electron chi connectivity index (χ0n) is 65.6. The number of esters is 4. The fourth-order valence-corrected chi connectivity index (χ4v) is 10.6. The third kappa shape index (κ3) is 77.0. The number of hydrogen-bond acceptors (Lipinski definition) is 15. The highest BCUT2D eigenvalue weighted by Gasteiger charge is 2.30. The topological polar surface area (TPSA) is 237 Å². The van der Waals surface area contributed by atoms with E-state index in [1.54, 1.807) is 12.2 Å². The Labute approximate surface area is 650 Å². The number of carbonyl (C=O) groups is 4. The van der Waals surface area contributed by atoms with Crippen LogP contribution < -0.4 is 0 Å². The van der Waals surface area contributed by atoms with Crippen LogP contribution in [-0.2, 0) is 65.4 Å². The highest BCUT2D eigenvalue weighted by molar-refractivity contribution is 7.47. The van der Waals surface area contributed by atoms with Crippen molar-refractivity contribution >= 4 is 39.5 Å². The lowest BCUT2D eigenvalue weighted by Gasteiger charge is -2.21. The molecule has 0 bridgehead atoms. The van der Waals surface area contributed by atoms with Crippen LogP contribution in [0.5, 0.6) is 0 Å². The van der Waals surface area contributed by atoms with Crippen LogP contribution in [0, 0.1) is 0 Å². The van der Waals surface area contributed by atoms with Crippen LogP contribution in [0.1, 0.15) is 233 Å². The third-order valence-electron chi connectivity index (χ3n) is 14.8. The highest BCUT2D eigenvalue weighted by atomic mass is 31.2. The summed E-state index contributed by atoms with van der Waals surface area (Å²) in [4.78, 5) is 72.9. The summed E-state index contributed by atoms with van der Waals surface area (Å²) in [5.74, 6) is -2.55. The first-order chi connectivity index (χ1) is 52.7. The van der Waals surface area contributed by atoms with Crippen molar-refractivity contribution in [2.45, 2.75) is 251 Å². The SMILES string of the molecule is CC/C=C\C/C=C\C/C=C\C/C=C\C/C=C\C/C=C\CCC(=O)OCC(COP(=O)(O)OCC(O)COP(=O)(O)OCC(COC(=O)CCCCC/C=C\C/C=C\C/C=C\C/C=C\C/C=C\CC)OC(=O)CCCC/C=C\C/C=C\C/C=C\C/C=C\CC)OC(=O)C/C=C\C/C=C\C/C=C\C/C=C\C/C=C\CC. The van der Waals surface area contributed by atoms with E-state index in [9.17, 15) is 43.2 Å². The van der Waals surface area contributed by atoms with Gasteiger partial charge in [0.2, 0.25) is 0 Å². The molecule has 19 heteroatoms. The second kappa shape index (κ2) is 78.0. The van der Waals surface area contributed by atoms with Crippen molar-refractivity contribution in [2.24, 2.45) is 0 Å². The van der Waals surface area contributed by atoms with Crippen LogP contribution in [-0.4, -0.2) is 96.7 Å². The minimum absolute atomic E-state index is 0.00381. The summed E-state index contributed by atoms with van der Waals surface area (Å²) in [5.41, 5.74) is 0. The van der Waals surface area contributed by atoms with Crippen molar-refractivity contribution in [2.75, 3.05) is 39.6 Å². The van der Waals surface area contributed by atoms with Crippen LogP contribution in [0.2, 0.25) is 0 Å². The summed E-state index contributed by atoms with van der Waals surface area (Å²) in [6.45, 7) is 4.06. The maximum atomic E-state index is 13.1. The Morgan fingerprint density at radius 1 is 0.269 bits per heavy atom. The summed E-state index contributed by atoms with van der Waals surface area (Å²) in [5, 5.41) is 10.6. The molecule has 0 aliphatic carbocycles. The molecular formula is C89H134O17P2. The van der Waals surface area contributed by atoms with Gasteiger partial charge in [-0.25, -0.2) is 9.13 Å². The smallest absolute Gasteiger partial charge is 0.462 e. The van der Waals surface area contributed by atoms with E-state index in [1.807, 2.05) is 36.5 Å². The van der Waals surface area contributed by atoms with Crippen molar-refractivity contribution < 1.29 is 80.2 Å². The number of aliphatic hydroxyl groups excluding tert-OH is 1. The molecule has 0 aromatic heterocycles. The number of phosphoric ester groups is 2. The number of ether oxygens (including phenoxy) is 4. The highest BCUT2D eigenvalue weighted by Crippen LogP contribution is 2.45. The zero-order chi connectivity index (χ0) is 78.9. The van der Waals surface area contributed by atoms with E-state index < -0.39 is 97.5 Å². The molecule has 0 saturated carbocycles. The quantitative estimate of drug-likeness (QED) is 0.0169. The summed E-state index contributed by atoms with van der Waals surface area (Å²) in [6.07, 6.45) is 102. The molecule has 0 aliphatic rings. The first kappa shape index (κ1) is 101. The summed E-state index contributed by atoms with van der Waals surface area (Å²) < 4.78 is 68.3. The molecule has 5 unspecified atom stereocenters. The molecule has 602 valence electrons. The molecule has 0 aromatic rings. The standard InChI is InChI=1S/C89H134O17P2/c1-5-9-13-17-21-25-29-33-37-39-41-43-47-49-53-57-61-65-69-73-86(91)99-79-84(105-88(93)75-71-67-63-59-55-51-45-35-31-27-23-19-15-11-7-3)81-103-107(95,96)101-77-83(90)78-102-108(97,98)104-82-85(106-89(94)76-72-68-64-60-56-52-46-36-32-28-24-20-16-12-8-4)80-100-87(92)74-70-66-62-58-54-50-48-44-42-40-38-34-30-26-22-18-14-10-6-2/h9-16,21-28,33-38,41-46,49-50,53-56,59-61,65,67,71,83-85,90H,5-8,17-20,29-32,39-40,47-48,51-52,57-58,62-64,66,68-70,72-82H2,1-4H3,(H,95,96)(H,97,98)/b13-9-,14-10-,15-11-,16-12-,25-21-,26-22-,27-23-,28-24-,37-33-,38-34-,43-41-,44-42-,45-35-,46-36-,53-49-,54-50-,59-55-,60-56-,65-61-,71-67-. The van der Waals surface area contributed by atoms with E-state index >= 15 is 0 Å². The minimum Gasteiger partial charge on any atom is -0.462 e. The number of allylic oxidation sites excluding steroid dienone is 39. The van der Waals surface area contributed by atoms with Crippen molar-refractivity contribution in [3.05, 3.63) is 243 Å². The monoisotopic (exact) mass is 1540 g/mol. The second-order valence-electron chi connectivity index (χ2n) is 24.8. The molecule has 0 heterocycles. The molecule has 3 N–H and O–H groups in total. The van der Waals surface area contributed by atoms with Crippen LogP contribution >= 0.6 is 15.6 Å². The molecule has 0 radical (unpaired) electrons. The Morgan fingerprint density at radius 3 is 0.833 bits per heavy atom. The fourth-order valence-electron chi connectivity index (χ4n) is 9.04. The third-order valence-corrected chi connectivity index (χ3v) is 16.7. The molecule has 0 spiro atoms. The molecule has 0 aliphatic heterocycles. The number of phosphoric acid groups is 2. The second-order valence-corrected chi connectivity index (χ2v) is 27.7. The number of unbranched alkanes of at least 4 members (excludes halogenated alkanes) is 5. The van der Waals surface area contributed by atoms with Gasteiger partial charge in [0.15, 0.2) is 12.2 Å². The van der Waals surface area contributed by atoms with Gasteiger partial charge in [0.1, 0.15) is 19.3 Å². The van der Waals surface area contributed by atoms with E-state index in [0.29, 0.717) is 38.5 Å². The Kier molecular flexibility index (Phi) is 72.8. The van der Waals surface area contributed by atoms with Gasteiger partial charge < -0.3 is 33.8 Å². The summed E-state index contributed by atoms with van der Waals surface area (Å²) in [6, 6.07) is 0. The van der Waals surface area contributed by atoms with Gasteiger partial charge in [-0.05, 0) is 173 Å². The first-order valence-corrected chi connectivity index (χ1v) is 42.3. The van der Waals surface area contributed by atoms with E-state index in [0.717, 1.165) is 141 Å². The Bertz CT molecular complexity index is 3010. The maximum absolute atomic E-state index is 13.1. The van der Waals surface area contributed by atoms with Gasteiger partial charge in [-0.1, -0.05) is 277 Å². The fraction of sp³-hybridized carbons (Fsp3) is 0.506. The average Bonchev–Trinajstić information content (AvgIpc) is 0.923. The predicted octanol–water partition coefficient (Wildman–Crippen LogP) is 23.2. The van der Waals surface area contributed by atoms with E-state index in [2.05, 4.69) is 222 Å². The molecule has 17 nitrogen and oxygen atoms in total. The summed E-state index contributed by atoms with van der Waals surface area (Å²) >= 11 is 0. The van der Waals surface area contributed by atoms with Crippen LogP contribution in [0.15, 0.2) is 243 Å². The number of rotatable bonds is 70. The van der Waals surface area contributed by atoms with Crippen molar-refractivity contribution in [3.63, 3.8) is 0 Å². The molecule has 0 saturated heterocycles. The first-order valence-electron chi connectivity index (χ1n) is 39.3. The van der Waals surface area contributed by atoms with Gasteiger partial charge >= 0.3 is 39.5 Å². The normalized spacial score (nSPS) is 15.1. The van der Waals surface area contributed by atoms with Gasteiger partial charge in [0.25, 0.3) is 0 Å². The number of carbonyl (C=O) groups excluding carboxylic acids is 4. The Balaban J connectivity index is 5.59. The van der Waals surface area contributed by atoms with E-state index in [1.165, 1.54) is 0 Å². The van der Waals surface area contributed by atoms with Crippen molar-refractivity contribution in [1.82, 2.24) is 0 Å². The summed E-state index contributed by atoms with van der Waals surface area (Å²) in [7, 11) is -10.1.